The third kappa shape index (κ3) is 0.951. The first-order chi connectivity index (χ1) is 5.33. The molecule has 58 valence electrons. The Kier molecular flexibility index (Phi) is 1.61. The van der Waals surface area contributed by atoms with Crippen LogP contribution in [0, 0.1) is 6.92 Å². The van der Waals surface area contributed by atoms with Crippen LogP contribution in [0.1, 0.15) is 27.3 Å². The van der Waals surface area contributed by atoms with Gasteiger partial charge in [0.15, 0.2) is 0 Å². The minimum Gasteiger partial charge on any atom is -0.140 e. The van der Waals surface area contributed by atoms with E-state index in [1.807, 2.05) is 17.4 Å². The first-order valence-corrected chi connectivity index (χ1v) is 4.88. The van der Waals surface area contributed by atoms with Gasteiger partial charge in [-0.15, -0.1) is 11.3 Å². The SMILES string of the molecule is C=Cc1sc2c(c1C)CCC2. The Morgan fingerprint density at radius 2 is 2.27 bits per heavy atom. The van der Waals surface area contributed by atoms with E-state index in [0.29, 0.717) is 0 Å². The second-order valence-electron chi connectivity index (χ2n) is 3.05. The van der Waals surface area contributed by atoms with Crippen LogP contribution in [0.4, 0.5) is 0 Å². The number of aryl methyl sites for hydroxylation is 1. The highest BCUT2D eigenvalue weighted by Crippen LogP contribution is 2.35. The van der Waals surface area contributed by atoms with Gasteiger partial charge < -0.3 is 0 Å². The van der Waals surface area contributed by atoms with Crippen molar-refractivity contribution in [2.75, 3.05) is 0 Å². The second kappa shape index (κ2) is 2.49. The van der Waals surface area contributed by atoms with E-state index >= 15 is 0 Å². The van der Waals surface area contributed by atoms with Crippen LogP contribution in [0.2, 0.25) is 0 Å². The molecule has 1 aromatic rings. The van der Waals surface area contributed by atoms with E-state index in [2.05, 4.69) is 13.5 Å². The molecule has 1 heteroatoms. The first-order valence-electron chi connectivity index (χ1n) is 4.06. The predicted molar refractivity (Wildman–Crippen MR) is 51.2 cm³/mol. The van der Waals surface area contributed by atoms with Gasteiger partial charge in [-0.25, -0.2) is 0 Å². The maximum atomic E-state index is 3.82. The van der Waals surface area contributed by atoms with Crippen molar-refractivity contribution >= 4 is 17.4 Å². The fraction of sp³-hybridized carbons (Fsp3) is 0.400. The van der Waals surface area contributed by atoms with Crippen LogP contribution in [0.3, 0.4) is 0 Å². The molecule has 0 unspecified atom stereocenters. The standard InChI is InChI=1S/C10H12S/c1-3-9-7(2)8-5-4-6-10(8)11-9/h3H,1,4-6H2,2H3. The van der Waals surface area contributed by atoms with Crippen LogP contribution >= 0.6 is 11.3 Å². The van der Waals surface area contributed by atoms with Crippen LogP contribution in [-0.4, -0.2) is 0 Å². The van der Waals surface area contributed by atoms with E-state index in [0.717, 1.165) is 0 Å². The van der Waals surface area contributed by atoms with Gasteiger partial charge in [0.1, 0.15) is 0 Å². The summed E-state index contributed by atoms with van der Waals surface area (Å²) in [5.74, 6) is 0. The van der Waals surface area contributed by atoms with Crippen LogP contribution in [0.25, 0.3) is 6.08 Å². The van der Waals surface area contributed by atoms with E-state index in [1.54, 1.807) is 10.4 Å². The summed E-state index contributed by atoms with van der Waals surface area (Å²) >= 11 is 1.93. The van der Waals surface area contributed by atoms with Crippen molar-refractivity contribution in [3.63, 3.8) is 0 Å². The second-order valence-corrected chi connectivity index (χ2v) is 4.19. The molecule has 0 saturated carbocycles. The molecular formula is C10H12S. The number of hydrogen-bond donors (Lipinski definition) is 0. The topological polar surface area (TPSA) is 0 Å². The molecule has 0 atom stereocenters. The Balaban J connectivity index is 2.57. The van der Waals surface area contributed by atoms with Crippen molar-refractivity contribution in [2.45, 2.75) is 26.2 Å². The summed E-state index contributed by atoms with van der Waals surface area (Å²) in [7, 11) is 0. The van der Waals surface area contributed by atoms with Gasteiger partial charge in [-0.1, -0.05) is 12.7 Å². The lowest BCUT2D eigenvalue weighted by Gasteiger charge is -1.92. The summed E-state index contributed by atoms with van der Waals surface area (Å²) in [6.07, 6.45) is 5.94. The van der Waals surface area contributed by atoms with Crippen LogP contribution < -0.4 is 0 Å². The van der Waals surface area contributed by atoms with Gasteiger partial charge in [-0.3, -0.25) is 0 Å². The molecule has 2 rings (SSSR count). The highest BCUT2D eigenvalue weighted by atomic mass is 32.1. The minimum absolute atomic E-state index is 1.30. The van der Waals surface area contributed by atoms with Crippen molar-refractivity contribution < 1.29 is 0 Å². The van der Waals surface area contributed by atoms with E-state index in [4.69, 9.17) is 0 Å². The quantitative estimate of drug-likeness (QED) is 0.598. The molecule has 0 N–H and O–H groups in total. The van der Waals surface area contributed by atoms with E-state index in [-0.39, 0.29) is 0 Å². The Bertz CT molecular complexity index is 294. The largest absolute Gasteiger partial charge is 0.140 e. The summed E-state index contributed by atoms with van der Waals surface area (Å²) < 4.78 is 0. The molecule has 11 heavy (non-hydrogen) atoms. The van der Waals surface area contributed by atoms with Gasteiger partial charge in [0.2, 0.25) is 0 Å². The van der Waals surface area contributed by atoms with Gasteiger partial charge in [0.25, 0.3) is 0 Å². The Labute approximate surface area is 71.6 Å². The lowest BCUT2D eigenvalue weighted by atomic mass is 10.1. The molecule has 0 radical (unpaired) electrons. The van der Waals surface area contributed by atoms with E-state index in [1.165, 1.54) is 29.7 Å². The molecule has 1 heterocycles. The van der Waals surface area contributed by atoms with Gasteiger partial charge in [-0.05, 0) is 37.3 Å². The molecule has 1 aromatic heterocycles. The molecule has 0 saturated heterocycles. The number of fused-ring (bicyclic) bond motifs is 1. The van der Waals surface area contributed by atoms with Crippen molar-refractivity contribution in [3.05, 3.63) is 27.5 Å². The zero-order valence-electron chi connectivity index (χ0n) is 6.81. The Hall–Kier alpha value is -0.560. The average molecular weight is 164 g/mol. The minimum atomic E-state index is 1.30. The maximum absolute atomic E-state index is 3.82. The zero-order valence-corrected chi connectivity index (χ0v) is 7.63. The molecular weight excluding hydrogens is 152 g/mol. The Morgan fingerprint density at radius 1 is 1.45 bits per heavy atom. The summed E-state index contributed by atoms with van der Waals surface area (Å²) in [4.78, 5) is 2.99. The summed E-state index contributed by atoms with van der Waals surface area (Å²) in [6, 6.07) is 0. The lowest BCUT2D eigenvalue weighted by molar-refractivity contribution is 0.911. The first kappa shape index (κ1) is 7.11. The fourth-order valence-electron chi connectivity index (χ4n) is 1.78. The Morgan fingerprint density at radius 3 is 2.91 bits per heavy atom. The van der Waals surface area contributed by atoms with Crippen LogP contribution in [0.5, 0.6) is 0 Å². The molecule has 1 aliphatic rings. The van der Waals surface area contributed by atoms with Gasteiger partial charge in [-0.2, -0.15) is 0 Å². The average Bonchev–Trinajstić information content (AvgIpc) is 2.53. The van der Waals surface area contributed by atoms with Crippen molar-refractivity contribution in [3.8, 4) is 0 Å². The van der Waals surface area contributed by atoms with E-state index in [9.17, 15) is 0 Å². The number of hydrogen-bond acceptors (Lipinski definition) is 1. The maximum Gasteiger partial charge on any atom is 0.0299 e. The van der Waals surface area contributed by atoms with Gasteiger partial charge in [0.05, 0.1) is 0 Å². The third-order valence-electron chi connectivity index (χ3n) is 2.41. The van der Waals surface area contributed by atoms with Crippen molar-refractivity contribution in [1.29, 1.82) is 0 Å². The predicted octanol–water partition coefficient (Wildman–Crippen LogP) is 3.19. The molecule has 0 bridgehead atoms. The number of rotatable bonds is 1. The molecule has 0 spiro atoms. The fourth-order valence-corrected chi connectivity index (χ4v) is 3.03. The molecule has 0 aromatic carbocycles. The van der Waals surface area contributed by atoms with Crippen molar-refractivity contribution in [1.82, 2.24) is 0 Å². The number of thiophene rings is 1. The van der Waals surface area contributed by atoms with Crippen LogP contribution in [0.15, 0.2) is 6.58 Å². The van der Waals surface area contributed by atoms with E-state index < -0.39 is 0 Å². The van der Waals surface area contributed by atoms with Gasteiger partial charge in [0, 0.05) is 9.75 Å². The third-order valence-corrected chi connectivity index (χ3v) is 3.80. The highest BCUT2D eigenvalue weighted by Gasteiger charge is 2.17. The summed E-state index contributed by atoms with van der Waals surface area (Å²) in [6.45, 7) is 6.03. The molecule has 0 fully saturated rings. The molecule has 0 nitrogen and oxygen atoms in total. The monoisotopic (exact) mass is 164 g/mol. The zero-order chi connectivity index (χ0) is 7.84. The lowest BCUT2D eigenvalue weighted by Crippen LogP contribution is -1.78. The molecule has 0 amide bonds. The summed E-state index contributed by atoms with van der Waals surface area (Å²) in [5, 5.41) is 0. The van der Waals surface area contributed by atoms with Crippen LogP contribution in [-0.2, 0) is 12.8 Å². The molecule has 0 aliphatic heterocycles. The van der Waals surface area contributed by atoms with Gasteiger partial charge >= 0.3 is 0 Å². The molecule has 1 aliphatic carbocycles. The normalized spacial score (nSPS) is 15.0. The van der Waals surface area contributed by atoms with Crippen molar-refractivity contribution in [2.24, 2.45) is 0 Å². The summed E-state index contributed by atoms with van der Waals surface area (Å²) in [5.41, 5.74) is 3.10. The highest BCUT2D eigenvalue weighted by molar-refractivity contribution is 7.13. The smallest absolute Gasteiger partial charge is 0.0299 e.